The lowest BCUT2D eigenvalue weighted by molar-refractivity contribution is -0.113. The number of hydrogen-bond acceptors (Lipinski definition) is 4. The average Bonchev–Trinajstić information content (AvgIpc) is 3.28. The topological polar surface area (TPSA) is 66.5 Å². The highest BCUT2D eigenvalue weighted by atomic mass is 19.4. The second kappa shape index (κ2) is 7.56. The molecule has 7 heteroatoms. The Hall–Kier alpha value is -2.38. The summed E-state index contributed by atoms with van der Waals surface area (Å²) in [5, 5.41) is 22.4. The molecule has 2 N–H and O–H groups in total. The molecule has 0 bridgehead atoms. The smallest absolute Gasteiger partial charge is 0.413 e. The first-order valence-electron chi connectivity index (χ1n) is 12.5. The van der Waals surface area contributed by atoms with E-state index in [0.29, 0.717) is 49.1 Å². The third kappa shape index (κ3) is 3.45. The fourth-order valence-corrected chi connectivity index (χ4v) is 7.40. The number of oxazole rings is 1. The number of nitrogens with zero attached hydrogens (tertiary/aromatic N) is 1. The van der Waals surface area contributed by atoms with E-state index in [1.165, 1.54) is 0 Å². The number of alkyl halides is 3. The molecular formula is C28H30F3NO3. The quantitative estimate of drug-likeness (QED) is 0.489. The molecule has 4 aliphatic carbocycles. The van der Waals surface area contributed by atoms with Crippen LogP contribution in [-0.2, 0) is 0 Å². The maximum absolute atomic E-state index is 14.6. The van der Waals surface area contributed by atoms with Crippen molar-refractivity contribution in [3.8, 4) is 0 Å². The number of aromatic nitrogens is 1. The number of benzene rings is 1. The van der Waals surface area contributed by atoms with Crippen LogP contribution in [0.3, 0.4) is 0 Å². The van der Waals surface area contributed by atoms with Crippen LogP contribution in [0.1, 0.15) is 63.3 Å². The number of aliphatic hydroxyl groups excluding tert-OH is 1. The molecule has 5 atom stereocenters. The van der Waals surface area contributed by atoms with Crippen molar-refractivity contribution in [1.29, 1.82) is 0 Å². The molecule has 4 nitrogen and oxygen atoms in total. The summed E-state index contributed by atoms with van der Waals surface area (Å²) in [6.07, 6.45) is 1.60. The predicted octanol–water partition coefficient (Wildman–Crippen LogP) is 6.42. The Kier molecular flexibility index (Phi) is 4.98. The molecule has 0 aliphatic heterocycles. The van der Waals surface area contributed by atoms with Crippen LogP contribution in [0.5, 0.6) is 0 Å². The molecule has 0 amide bonds. The van der Waals surface area contributed by atoms with E-state index in [1.54, 1.807) is 13.0 Å². The number of halogens is 3. The molecule has 6 rings (SSSR count). The van der Waals surface area contributed by atoms with Gasteiger partial charge >= 0.3 is 6.18 Å². The first-order chi connectivity index (χ1) is 16.5. The first-order valence-corrected chi connectivity index (χ1v) is 12.5. The van der Waals surface area contributed by atoms with Crippen molar-refractivity contribution in [2.45, 2.75) is 76.7 Å². The Bertz CT molecular complexity index is 1300. The van der Waals surface area contributed by atoms with E-state index in [-0.39, 0.29) is 23.8 Å². The molecular weight excluding hydrogens is 455 g/mol. The van der Waals surface area contributed by atoms with Gasteiger partial charge < -0.3 is 14.6 Å². The van der Waals surface area contributed by atoms with Crippen molar-refractivity contribution in [3.05, 3.63) is 58.5 Å². The van der Waals surface area contributed by atoms with Crippen LogP contribution in [0.4, 0.5) is 13.2 Å². The summed E-state index contributed by atoms with van der Waals surface area (Å²) in [5.74, 6) is 0.297. The summed E-state index contributed by atoms with van der Waals surface area (Å²) in [6.45, 7) is 3.64. The third-order valence-electron chi connectivity index (χ3n) is 9.05. The lowest BCUT2D eigenvalue weighted by Gasteiger charge is -2.50. The van der Waals surface area contributed by atoms with Crippen molar-refractivity contribution in [2.24, 2.45) is 17.3 Å². The molecule has 4 unspecified atom stereocenters. The first kappa shape index (κ1) is 23.0. The molecule has 0 radical (unpaired) electrons. The highest BCUT2D eigenvalue weighted by Crippen LogP contribution is 2.64. The Morgan fingerprint density at radius 1 is 1.17 bits per heavy atom. The number of hydrogen-bond donors (Lipinski definition) is 2. The molecule has 0 saturated heterocycles. The number of aryl methyl sites for hydroxylation is 1. The van der Waals surface area contributed by atoms with Crippen molar-refractivity contribution in [3.63, 3.8) is 0 Å². The fraction of sp³-hybridized carbons (Fsp3) is 0.536. The summed E-state index contributed by atoms with van der Waals surface area (Å²) >= 11 is 0. The van der Waals surface area contributed by atoms with E-state index in [1.807, 2.05) is 31.2 Å². The number of allylic oxidation sites excluding steroid dienone is 3. The molecule has 0 spiro atoms. The second-order valence-corrected chi connectivity index (χ2v) is 11.1. The Morgan fingerprint density at radius 2 is 1.97 bits per heavy atom. The summed E-state index contributed by atoms with van der Waals surface area (Å²) in [6, 6.07) is 5.59. The zero-order valence-electron chi connectivity index (χ0n) is 20.0. The minimum Gasteiger partial charge on any atom is -0.441 e. The van der Waals surface area contributed by atoms with Gasteiger partial charge in [-0.3, -0.25) is 0 Å². The van der Waals surface area contributed by atoms with Crippen molar-refractivity contribution >= 4 is 16.7 Å². The summed E-state index contributed by atoms with van der Waals surface area (Å²) < 4.78 is 49.5. The van der Waals surface area contributed by atoms with E-state index >= 15 is 0 Å². The maximum Gasteiger partial charge on any atom is 0.413 e. The van der Waals surface area contributed by atoms with Gasteiger partial charge in [-0.15, -0.1) is 0 Å². The summed E-state index contributed by atoms with van der Waals surface area (Å²) in [4.78, 5) is 4.33. The Labute approximate surface area is 202 Å². The van der Waals surface area contributed by atoms with Gasteiger partial charge in [-0.05, 0) is 79.7 Å². The zero-order valence-corrected chi connectivity index (χ0v) is 20.0. The van der Waals surface area contributed by atoms with E-state index < -0.39 is 28.9 Å². The van der Waals surface area contributed by atoms with Gasteiger partial charge in [-0.25, -0.2) is 4.98 Å². The number of fused-ring (bicyclic) bond motifs is 5. The molecule has 1 aromatic heterocycles. The van der Waals surface area contributed by atoms with E-state index in [9.17, 15) is 23.4 Å². The summed E-state index contributed by atoms with van der Waals surface area (Å²) in [7, 11) is 0. The van der Waals surface area contributed by atoms with Crippen LogP contribution in [0, 0.1) is 24.2 Å². The molecule has 2 aromatic rings. The fourth-order valence-electron chi connectivity index (χ4n) is 7.40. The molecule has 4 aliphatic rings. The zero-order chi connectivity index (χ0) is 24.8. The van der Waals surface area contributed by atoms with E-state index in [4.69, 9.17) is 4.42 Å². The van der Waals surface area contributed by atoms with Crippen LogP contribution in [0.2, 0.25) is 0 Å². The van der Waals surface area contributed by atoms with Crippen LogP contribution >= 0.6 is 0 Å². The molecule has 1 fully saturated rings. The molecule has 186 valence electrons. The average molecular weight is 486 g/mol. The van der Waals surface area contributed by atoms with Gasteiger partial charge in [-0.2, -0.15) is 13.2 Å². The van der Waals surface area contributed by atoms with Crippen molar-refractivity contribution in [2.75, 3.05) is 0 Å². The number of rotatable bonds is 1. The van der Waals surface area contributed by atoms with Crippen LogP contribution < -0.4 is 0 Å². The monoisotopic (exact) mass is 485 g/mol. The van der Waals surface area contributed by atoms with E-state index in [2.05, 4.69) is 4.98 Å². The lowest BCUT2D eigenvalue weighted by atomic mass is 9.56. The predicted molar refractivity (Wildman–Crippen MR) is 126 cm³/mol. The highest BCUT2D eigenvalue weighted by molar-refractivity contribution is 5.82. The van der Waals surface area contributed by atoms with Crippen LogP contribution in [-0.4, -0.2) is 33.1 Å². The van der Waals surface area contributed by atoms with E-state index in [0.717, 1.165) is 23.1 Å². The molecule has 1 saturated carbocycles. The molecule has 1 aromatic carbocycles. The van der Waals surface area contributed by atoms with Gasteiger partial charge in [0.1, 0.15) is 5.52 Å². The third-order valence-corrected chi connectivity index (χ3v) is 9.05. The van der Waals surface area contributed by atoms with Gasteiger partial charge in [-0.1, -0.05) is 30.7 Å². The number of aliphatic hydroxyl groups is 2. The van der Waals surface area contributed by atoms with Gasteiger partial charge in [0.2, 0.25) is 0 Å². The Morgan fingerprint density at radius 3 is 2.74 bits per heavy atom. The lowest BCUT2D eigenvalue weighted by Crippen LogP contribution is -2.51. The van der Waals surface area contributed by atoms with Crippen LogP contribution in [0.25, 0.3) is 16.7 Å². The summed E-state index contributed by atoms with van der Waals surface area (Å²) in [5.41, 5.74) is 0.790. The maximum atomic E-state index is 14.6. The van der Waals surface area contributed by atoms with Crippen LogP contribution in [0.15, 0.2) is 51.5 Å². The normalized spacial score (nSPS) is 35.2. The second-order valence-electron chi connectivity index (χ2n) is 11.1. The molecule has 35 heavy (non-hydrogen) atoms. The van der Waals surface area contributed by atoms with Gasteiger partial charge in [0.25, 0.3) is 0 Å². The van der Waals surface area contributed by atoms with Gasteiger partial charge in [0, 0.05) is 23.8 Å². The van der Waals surface area contributed by atoms with Gasteiger partial charge in [0.05, 0.1) is 11.7 Å². The van der Waals surface area contributed by atoms with Crippen molar-refractivity contribution in [1.82, 2.24) is 4.98 Å². The Balaban J connectivity index is 1.48. The minimum absolute atomic E-state index is 0.0371. The van der Waals surface area contributed by atoms with Gasteiger partial charge in [0.15, 0.2) is 11.5 Å². The highest BCUT2D eigenvalue weighted by Gasteiger charge is 2.60. The standard InChI is InChI=1S/C28H30F3NO3/c1-15-32-23-7-4-17(13-24(23)35-15)20-6-8-25-26(20,2)14-22(28(29,30)31)21-12-18-11-19(33)5-3-16(18)9-10-27(21,25)34/h4,6-7,12-13,16,19,25,33-34H,3,5,8-11,14H2,1-2H3/t16?,19?,25?,26?,27-/m1/s1. The molecule has 1 heterocycles. The van der Waals surface area contributed by atoms with Crippen molar-refractivity contribution < 1.29 is 27.8 Å². The minimum atomic E-state index is -4.55. The SMILES string of the molecule is Cc1nc2ccc(C3=CCC4C3(C)CC(C(F)(F)F)=C3C=C5CC(O)CCC5CC[C@@]34O)cc2o1. The largest absolute Gasteiger partial charge is 0.441 e.